The number of nitrogens with one attached hydrogen (secondary N) is 1. The molecule has 1 saturated heterocycles. The number of halogens is 3. The van der Waals surface area contributed by atoms with E-state index in [1.54, 1.807) is 6.92 Å². The lowest BCUT2D eigenvalue weighted by Gasteiger charge is -2.29. The summed E-state index contributed by atoms with van der Waals surface area (Å²) >= 11 is 0. The summed E-state index contributed by atoms with van der Waals surface area (Å²) in [7, 11) is 0. The normalized spacial score (nSPS) is 17.8. The number of carboxylic acids is 2. The molecule has 1 aliphatic rings. The van der Waals surface area contributed by atoms with E-state index in [0.717, 1.165) is 13.1 Å². The first-order valence-electron chi connectivity index (χ1n) is 4.40. The lowest BCUT2D eigenvalue weighted by atomic mass is 9.89. The first-order valence-corrected chi connectivity index (χ1v) is 4.40. The van der Waals surface area contributed by atoms with Gasteiger partial charge in [-0.1, -0.05) is 6.92 Å². The lowest BCUT2D eigenvalue weighted by Crippen LogP contribution is -2.47. The summed E-state index contributed by atoms with van der Waals surface area (Å²) < 4.78 is 31.7. The van der Waals surface area contributed by atoms with E-state index in [1.807, 2.05) is 0 Å². The first-order chi connectivity index (χ1) is 7.16. The average molecular weight is 243 g/mol. The quantitative estimate of drug-likeness (QED) is 0.659. The molecule has 0 spiro atoms. The molecule has 3 N–H and O–H groups in total. The van der Waals surface area contributed by atoms with Gasteiger partial charge in [-0.05, 0) is 19.0 Å². The molecule has 1 unspecified atom stereocenters. The van der Waals surface area contributed by atoms with E-state index in [2.05, 4.69) is 5.32 Å². The number of hydrogen-bond donors (Lipinski definition) is 3. The summed E-state index contributed by atoms with van der Waals surface area (Å²) in [6.45, 7) is 3.49. The van der Waals surface area contributed by atoms with Crippen LogP contribution in [0.4, 0.5) is 13.2 Å². The number of alkyl halides is 3. The highest BCUT2D eigenvalue weighted by atomic mass is 19.4. The Morgan fingerprint density at radius 2 is 1.69 bits per heavy atom. The van der Waals surface area contributed by atoms with Crippen molar-refractivity contribution in [2.45, 2.75) is 13.1 Å². The summed E-state index contributed by atoms with van der Waals surface area (Å²) in [4.78, 5) is 19.2. The molecule has 0 amide bonds. The standard InChI is InChI=1S/C6H11NO2.C2HF3O2/c1-4(6(8)9)5-2-7-3-5;3-2(4,5)1(6)7/h4-5,7H,2-3H2,1H3,(H,8,9);(H,6,7). The van der Waals surface area contributed by atoms with Crippen molar-refractivity contribution in [1.29, 1.82) is 0 Å². The van der Waals surface area contributed by atoms with Crippen LogP contribution >= 0.6 is 0 Å². The second-order valence-corrected chi connectivity index (χ2v) is 3.35. The van der Waals surface area contributed by atoms with Gasteiger partial charge in [-0.15, -0.1) is 0 Å². The van der Waals surface area contributed by atoms with Crippen LogP contribution in [0.3, 0.4) is 0 Å². The fourth-order valence-corrected chi connectivity index (χ4v) is 0.866. The largest absolute Gasteiger partial charge is 0.490 e. The molecular formula is C8H12F3NO4. The van der Waals surface area contributed by atoms with Crippen LogP contribution in [0.25, 0.3) is 0 Å². The Balaban J connectivity index is 0.000000293. The molecule has 0 radical (unpaired) electrons. The van der Waals surface area contributed by atoms with Crippen LogP contribution < -0.4 is 5.32 Å². The van der Waals surface area contributed by atoms with Gasteiger partial charge in [0.15, 0.2) is 0 Å². The van der Waals surface area contributed by atoms with E-state index in [1.165, 1.54) is 0 Å². The zero-order valence-electron chi connectivity index (χ0n) is 8.41. The van der Waals surface area contributed by atoms with Crippen LogP contribution in [0.5, 0.6) is 0 Å². The third-order valence-corrected chi connectivity index (χ3v) is 2.15. The third kappa shape index (κ3) is 4.96. The van der Waals surface area contributed by atoms with E-state index < -0.39 is 18.1 Å². The van der Waals surface area contributed by atoms with Crippen molar-refractivity contribution < 1.29 is 33.0 Å². The van der Waals surface area contributed by atoms with Gasteiger partial charge < -0.3 is 15.5 Å². The molecule has 0 aromatic carbocycles. The Kier molecular flexibility index (Phi) is 5.22. The van der Waals surface area contributed by atoms with Gasteiger partial charge in [0, 0.05) is 0 Å². The zero-order chi connectivity index (χ0) is 12.9. The van der Waals surface area contributed by atoms with Crippen LogP contribution in [0, 0.1) is 11.8 Å². The average Bonchev–Trinajstić information content (AvgIpc) is 1.99. The van der Waals surface area contributed by atoms with Crippen molar-refractivity contribution in [1.82, 2.24) is 5.32 Å². The van der Waals surface area contributed by atoms with Crippen LogP contribution in [-0.4, -0.2) is 41.4 Å². The van der Waals surface area contributed by atoms with Crippen molar-refractivity contribution in [3.05, 3.63) is 0 Å². The Morgan fingerprint density at radius 1 is 1.31 bits per heavy atom. The Labute approximate surface area is 89.3 Å². The van der Waals surface area contributed by atoms with Gasteiger partial charge in [-0.3, -0.25) is 4.79 Å². The van der Waals surface area contributed by atoms with E-state index in [4.69, 9.17) is 15.0 Å². The smallest absolute Gasteiger partial charge is 0.481 e. The molecule has 0 aromatic heterocycles. The second kappa shape index (κ2) is 5.69. The van der Waals surface area contributed by atoms with E-state index in [-0.39, 0.29) is 5.92 Å². The number of carboxylic acid groups (broad SMARTS) is 2. The molecule has 1 aliphatic heterocycles. The second-order valence-electron chi connectivity index (χ2n) is 3.35. The summed E-state index contributed by atoms with van der Waals surface area (Å²) in [5, 5.41) is 18.6. The number of rotatable bonds is 2. The lowest BCUT2D eigenvalue weighted by molar-refractivity contribution is -0.192. The minimum Gasteiger partial charge on any atom is -0.481 e. The van der Waals surface area contributed by atoms with Gasteiger partial charge in [-0.2, -0.15) is 13.2 Å². The zero-order valence-corrected chi connectivity index (χ0v) is 8.41. The van der Waals surface area contributed by atoms with Crippen molar-refractivity contribution in [2.24, 2.45) is 11.8 Å². The van der Waals surface area contributed by atoms with Crippen molar-refractivity contribution in [3.63, 3.8) is 0 Å². The topological polar surface area (TPSA) is 86.6 Å². The van der Waals surface area contributed by atoms with Gasteiger partial charge in [0.1, 0.15) is 0 Å². The monoisotopic (exact) mass is 243 g/mol. The van der Waals surface area contributed by atoms with Crippen molar-refractivity contribution in [2.75, 3.05) is 13.1 Å². The molecule has 8 heteroatoms. The Morgan fingerprint density at radius 3 is 1.75 bits per heavy atom. The molecule has 16 heavy (non-hydrogen) atoms. The predicted molar refractivity (Wildman–Crippen MR) is 46.9 cm³/mol. The fraction of sp³-hybridized carbons (Fsp3) is 0.750. The molecule has 1 rings (SSSR count). The number of aliphatic carboxylic acids is 2. The molecule has 94 valence electrons. The molecular weight excluding hydrogens is 231 g/mol. The molecule has 1 fully saturated rings. The highest BCUT2D eigenvalue weighted by molar-refractivity contribution is 5.73. The molecule has 0 aliphatic carbocycles. The van der Waals surface area contributed by atoms with Crippen molar-refractivity contribution in [3.8, 4) is 0 Å². The van der Waals surface area contributed by atoms with Crippen molar-refractivity contribution >= 4 is 11.9 Å². The maximum absolute atomic E-state index is 10.6. The predicted octanol–water partition coefficient (Wildman–Crippen LogP) is 0.560. The van der Waals surface area contributed by atoms with E-state index in [0.29, 0.717) is 5.92 Å². The van der Waals surface area contributed by atoms with Crippen LogP contribution in [-0.2, 0) is 9.59 Å². The SMILES string of the molecule is CC(C(=O)O)C1CNC1.O=C(O)C(F)(F)F. The number of hydrogen-bond acceptors (Lipinski definition) is 3. The highest BCUT2D eigenvalue weighted by Gasteiger charge is 2.38. The first kappa shape index (κ1) is 14.7. The van der Waals surface area contributed by atoms with Gasteiger partial charge in [0.25, 0.3) is 0 Å². The van der Waals surface area contributed by atoms with Gasteiger partial charge >= 0.3 is 18.1 Å². The van der Waals surface area contributed by atoms with Crippen LogP contribution in [0.15, 0.2) is 0 Å². The fourth-order valence-electron chi connectivity index (χ4n) is 0.866. The molecule has 1 atom stereocenters. The maximum Gasteiger partial charge on any atom is 0.490 e. The summed E-state index contributed by atoms with van der Waals surface area (Å²) in [6.07, 6.45) is -5.08. The molecule has 1 heterocycles. The minimum atomic E-state index is -5.08. The van der Waals surface area contributed by atoms with E-state index in [9.17, 15) is 18.0 Å². The molecule has 0 aromatic rings. The Bertz CT molecular complexity index is 262. The van der Waals surface area contributed by atoms with Gasteiger partial charge in [-0.25, -0.2) is 4.79 Å². The van der Waals surface area contributed by atoms with E-state index >= 15 is 0 Å². The van der Waals surface area contributed by atoms with Gasteiger partial charge in [0.05, 0.1) is 5.92 Å². The highest BCUT2D eigenvalue weighted by Crippen LogP contribution is 2.15. The van der Waals surface area contributed by atoms with Crippen LogP contribution in [0.1, 0.15) is 6.92 Å². The summed E-state index contributed by atoms with van der Waals surface area (Å²) in [5.41, 5.74) is 0. The summed E-state index contributed by atoms with van der Waals surface area (Å²) in [5.74, 6) is -3.25. The molecule has 0 bridgehead atoms. The maximum atomic E-state index is 10.6. The molecule has 0 saturated carbocycles. The number of carbonyl (C=O) groups is 2. The minimum absolute atomic E-state index is 0.175. The van der Waals surface area contributed by atoms with Crippen LogP contribution in [0.2, 0.25) is 0 Å². The molecule has 5 nitrogen and oxygen atoms in total. The Hall–Kier alpha value is -1.31. The van der Waals surface area contributed by atoms with Gasteiger partial charge in [0.2, 0.25) is 0 Å². The third-order valence-electron chi connectivity index (χ3n) is 2.15. The summed E-state index contributed by atoms with van der Waals surface area (Å²) in [6, 6.07) is 0.